The Labute approximate surface area is 178 Å². The Morgan fingerprint density at radius 3 is 2.32 bits per heavy atom. The molecule has 3 aromatic rings. The number of sulfonamides is 1. The Morgan fingerprint density at radius 2 is 1.64 bits per heavy atom. The molecule has 0 bridgehead atoms. The van der Waals surface area contributed by atoms with Gasteiger partial charge in [0.15, 0.2) is 0 Å². The lowest BCUT2D eigenvalue weighted by Crippen LogP contribution is -2.15. The van der Waals surface area contributed by atoms with Crippen LogP contribution >= 0.6 is 22.6 Å². The maximum absolute atomic E-state index is 12.7. The summed E-state index contributed by atoms with van der Waals surface area (Å²) in [4.78, 5) is 12.4. The molecule has 1 amide bonds. The minimum Gasteiger partial charge on any atom is -0.322 e. The van der Waals surface area contributed by atoms with Gasteiger partial charge in [0.25, 0.3) is 15.9 Å². The quantitative estimate of drug-likeness (QED) is 0.481. The summed E-state index contributed by atoms with van der Waals surface area (Å²) in [5.41, 5.74) is 3.43. The van der Waals surface area contributed by atoms with Gasteiger partial charge >= 0.3 is 0 Å². The maximum Gasteiger partial charge on any atom is 0.261 e. The van der Waals surface area contributed by atoms with Crippen LogP contribution in [0.1, 0.15) is 21.5 Å². The molecule has 0 saturated carbocycles. The zero-order chi connectivity index (χ0) is 20.3. The highest BCUT2D eigenvalue weighted by molar-refractivity contribution is 14.1. The smallest absolute Gasteiger partial charge is 0.261 e. The number of benzene rings is 3. The van der Waals surface area contributed by atoms with Gasteiger partial charge in [0, 0.05) is 14.8 Å². The Morgan fingerprint density at radius 1 is 0.929 bits per heavy atom. The van der Waals surface area contributed by atoms with Gasteiger partial charge in [-0.25, -0.2) is 8.42 Å². The van der Waals surface area contributed by atoms with Crippen molar-refractivity contribution in [1.29, 1.82) is 0 Å². The van der Waals surface area contributed by atoms with Gasteiger partial charge < -0.3 is 5.32 Å². The SMILES string of the molecule is Cc1ccc(C)c(NS(=O)(=O)c2ccc(NC(=O)c3cccc(I)c3)cc2)c1. The van der Waals surface area contributed by atoms with Crippen LogP contribution in [0.4, 0.5) is 11.4 Å². The highest BCUT2D eigenvalue weighted by Gasteiger charge is 2.16. The Balaban J connectivity index is 1.76. The molecule has 144 valence electrons. The number of rotatable bonds is 5. The van der Waals surface area contributed by atoms with Crippen LogP contribution in [-0.4, -0.2) is 14.3 Å². The van der Waals surface area contributed by atoms with Gasteiger partial charge in [-0.1, -0.05) is 18.2 Å². The molecule has 28 heavy (non-hydrogen) atoms. The van der Waals surface area contributed by atoms with E-state index in [4.69, 9.17) is 0 Å². The summed E-state index contributed by atoms with van der Waals surface area (Å²) in [6.07, 6.45) is 0. The van der Waals surface area contributed by atoms with E-state index in [0.717, 1.165) is 14.7 Å². The van der Waals surface area contributed by atoms with E-state index in [-0.39, 0.29) is 10.8 Å². The standard InChI is InChI=1S/C21H19IN2O3S/c1-14-6-7-15(2)20(12-14)24-28(26,27)19-10-8-18(9-11-19)23-21(25)16-4-3-5-17(22)13-16/h3-13,24H,1-2H3,(H,23,25). The lowest BCUT2D eigenvalue weighted by Gasteiger charge is -2.12. The molecule has 0 saturated heterocycles. The summed E-state index contributed by atoms with van der Waals surface area (Å²) in [5, 5.41) is 2.77. The number of hydrogen-bond acceptors (Lipinski definition) is 3. The number of carbonyl (C=O) groups is 1. The van der Waals surface area contributed by atoms with Crippen LogP contribution in [0.3, 0.4) is 0 Å². The lowest BCUT2D eigenvalue weighted by atomic mass is 10.1. The van der Waals surface area contributed by atoms with Gasteiger partial charge in [-0.3, -0.25) is 9.52 Å². The second kappa shape index (κ2) is 8.32. The van der Waals surface area contributed by atoms with Crippen molar-refractivity contribution in [2.24, 2.45) is 0 Å². The molecule has 7 heteroatoms. The number of nitrogens with one attached hydrogen (secondary N) is 2. The molecule has 0 aromatic heterocycles. The van der Waals surface area contributed by atoms with Crippen molar-refractivity contribution in [3.8, 4) is 0 Å². The number of aryl methyl sites for hydroxylation is 2. The second-order valence-electron chi connectivity index (χ2n) is 6.41. The largest absolute Gasteiger partial charge is 0.322 e. The maximum atomic E-state index is 12.7. The fourth-order valence-corrected chi connectivity index (χ4v) is 4.26. The van der Waals surface area contributed by atoms with Crippen molar-refractivity contribution >= 4 is 49.9 Å². The lowest BCUT2D eigenvalue weighted by molar-refractivity contribution is 0.102. The van der Waals surface area contributed by atoms with Crippen molar-refractivity contribution in [2.45, 2.75) is 18.7 Å². The van der Waals surface area contributed by atoms with E-state index >= 15 is 0 Å². The first-order chi connectivity index (χ1) is 13.2. The summed E-state index contributed by atoms with van der Waals surface area (Å²) in [5.74, 6) is -0.248. The fourth-order valence-electron chi connectivity index (χ4n) is 2.60. The summed E-state index contributed by atoms with van der Waals surface area (Å²) in [6, 6.07) is 18.9. The topological polar surface area (TPSA) is 75.3 Å². The highest BCUT2D eigenvalue weighted by atomic mass is 127. The Kier molecular flexibility index (Phi) is 6.04. The van der Waals surface area contributed by atoms with Crippen LogP contribution in [0.25, 0.3) is 0 Å². The van der Waals surface area contributed by atoms with Crippen LogP contribution in [0.5, 0.6) is 0 Å². The Bertz CT molecular complexity index is 1130. The second-order valence-corrected chi connectivity index (χ2v) is 9.34. The molecular weight excluding hydrogens is 487 g/mol. The van der Waals surface area contributed by atoms with E-state index in [9.17, 15) is 13.2 Å². The van der Waals surface area contributed by atoms with Gasteiger partial charge in [-0.2, -0.15) is 0 Å². The average Bonchev–Trinajstić information content (AvgIpc) is 2.65. The van der Waals surface area contributed by atoms with Crippen molar-refractivity contribution in [3.63, 3.8) is 0 Å². The van der Waals surface area contributed by atoms with Gasteiger partial charge in [-0.15, -0.1) is 0 Å². The normalized spacial score (nSPS) is 11.1. The highest BCUT2D eigenvalue weighted by Crippen LogP contribution is 2.22. The van der Waals surface area contributed by atoms with E-state index < -0.39 is 10.0 Å². The third-order valence-corrected chi connectivity index (χ3v) is 6.20. The minimum atomic E-state index is -3.72. The van der Waals surface area contributed by atoms with E-state index in [1.54, 1.807) is 30.3 Å². The summed E-state index contributed by atoms with van der Waals surface area (Å²) in [7, 11) is -3.72. The van der Waals surface area contributed by atoms with Crippen molar-refractivity contribution in [2.75, 3.05) is 10.0 Å². The van der Waals surface area contributed by atoms with E-state index in [0.29, 0.717) is 16.9 Å². The number of amides is 1. The van der Waals surface area contributed by atoms with E-state index in [2.05, 4.69) is 32.6 Å². The van der Waals surface area contributed by atoms with E-state index in [1.807, 2.05) is 38.1 Å². The monoisotopic (exact) mass is 506 g/mol. The summed E-state index contributed by atoms with van der Waals surface area (Å²) >= 11 is 2.14. The Hall–Kier alpha value is -2.39. The molecule has 0 aliphatic carbocycles. The molecule has 0 unspecified atom stereocenters. The van der Waals surface area contributed by atoms with Crippen LogP contribution in [-0.2, 0) is 10.0 Å². The van der Waals surface area contributed by atoms with Crippen LogP contribution in [0.15, 0.2) is 71.6 Å². The molecule has 0 aliphatic rings. The van der Waals surface area contributed by atoms with Crippen LogP contribution in [0, 0.1) is 17.4 Å². The third-order valence-electron chi connectivity index (χ3n) is 4.15. The van der Waals surface area contributed by atoms with Crippen molar-refractivity contribution < 1.29 is 13.2 Å². The van der Waals surface area contributed by atoms with E-state index in [1.165, 1.54) is 12.1 Å². The van der Waals surface area contributed by atoms with Gasteiger partial charge in [0.1, 0.15) is 0 Å². The molecule has 0 heterocycles. The fraction of sp³-hybridized carbons (Fsp3) is 0.0952. The first kappa shape index (κ1) is 20.3. The van der Waals surface area contributed by atoms with Gasteiger partial charge in [-0.05, 0) is 96.1 Å². The predicted molar refractivity (Wildman–Crippen MR) is 120 cm³/mol. The van der Waals surface area contributed by atoms with Crippen molar-refractivity contribution in [1.82, 2.24) is 0 Å². The zero-order valence-corrected chi connectivity index (χ0v) is 18.3. The van der Waals surface area contributed by atoms with Crippen molar-refractivity contribution in [3.05, 3.63) is 87.0 Å². The summed E-state index contributed by atoms with van der Waals surface area (Å²) in [6.45, 7) is 3.75. The molecule has 0 aliphatic heterocycles. The molecule has 0 fully saturated rings. The molecule has 5 nitrogen and oxygen atoms in total. The number of hydrogen-bond donors (Lipinski definition) is 2. The van der Waals surface area contributed by atoms with Gasteiger partial charge in [0.2, 0.25) is 0 Å². The van der Waals surface area contributed by atoms with Crippen LogP contribution in [0.2, 0.25) is 0 Å². The first-order valence-electron chi connectivity index (χ1n) is 8.52. The molecule has 3 aromatic carbocycles. The average molecular weight is 506 g/mol. The predicted octanol–water partition coefficient (Wildman–Crippen LogP) is 4.96. The molecular formula is C21H19IN2O3S. The van der Waals surface area contributed by atoms with Gasteiger partial charge in [0.05, 0.1) is 10.6 Å². The molecule has 0 radical (unpaired) electrons. The summed E-state index contributed by atoms with van der Waals surface area (Å²) < 4.78 is 28.9. The zero-order valence-electron chi connectivity index (χ0n) is 15.4. The first-order valence-corrected chi connectivity index (χ1v) is 11.1. The number of anilines is 2. The molecule has 0 spiro atoms. The number of halogens is 1. The molecule has 0 atom stereocenters. The molecule has 3 rings (SSSR count). The third kappa shape index (κ3) is 4.90. The number of carbonyl (C=O) groups excluding carboxylic acids is 1. The van der Waals surface area contributed by atoms with Crippen LogP contribution < -0.4 is 10.0 Å². The minimum absolute atomic E-state index is 0.126. The molecule has 2 N–H and O–H groups in total.